The molecule has 1 aromatic heterocycles. The van der Waals surface area contributed by atoms with Crippen LogP contribution in [0.25, 0.3) is 0 Å². The van der Waals surface area contributed by atoms with Crippen LogP contribution in [0.2, 0.25) is 0 Å². The number of aromatic carboxylic acids is 1. The van der Waals surface area contributed by atoms with Crippen LogP contribution in [0, 0.1) is 0 Å². The van der Waals surface area contributed by atoms with E-state index < -0.39 is 24.0 Å². The van der Waals surface area contributed by atoms with Crippen molar-refractivity contribution in [3.63, 3.8) is 0 Å². The zero-order chi connectivity index (χ0) is 24.3. The Morgan fingerprint density at radius 3 is 2.15 bits per heavy atom. The third kappa shape index (κ3) is 7.50. The van der Waals surface area contributed by atoms with Gasteiger partial charge in [-0.05, 0) is 30.4 Å². The number of amides is 1. The van der Waals surface area contributed by atoms with E-state index >= 15 is 0 Å². The lowest BCUT2D eigenvalue weighted by atomic mass is 10.0. The number of hydrogen-bond acceptors (Lipinski definition) is 6. The number of rotatable bonds is 13. The van der Waals surface area contributed by atoms with E-state index in [4.69, 9.17) is 0 Å². The molecule has 4 N–H and O–H groups in total. The molecule has 0 spiro atoms. The molecule has 8 nitrogen and oxygen atoms in total. The molecule has 0 saturated heterocycles. The summed E-state index contributed by atoms with van der Waals surface area (Å²) < 4.78 is 0. The fourth-order valence-electron chi connectivity index (χ4n) is 3.60. The highest BCUT2D eigenvalue weighted by Gasteiger charge is 2.26. The van der Waals surface area contributed by atoms with Crippen molar-refractivity contribution in [2.24, 2.45) is 0 Å². The molecule has 2 atom stereocenters. The molecule has 0 saturated carbocycles. The highest BCUT2D eigenvalue weighted by atomic mass is 32.1. The van der Waals surface area contributed by atoms with Crippen molar-refractivity contribution in [3.8, 4) is 0 Å². The van der Waals surface area contributed by atoms with Crippen molar-refractivity contribution in [2.45, 2.75) is 37.8 Å². The molecule has 0 bridgehead atoms. The van der Waals surface area contributed by atoms with Crippen molar-refractivity contribution in [2.75, 3.05) is 6.54 Å². The predicted molar refractivity (Wildman–Crippen MR) is 129 cm³/mol. The summed E-state index contributed by atoms with van der Waals surface area (Å²) in [5, 5.41) is 24.8. The number of nitrogens with one attached hydrogen (secondary N) is 2. The lowest BCUT2D eigenvalue weighted by Gasteiger charge is -2.23. The number of carboxylic acids is 2. The van der Waals surface area contributed by atoms with E-state index in [-0.39, 0.29) is 18.1 Å². The van der Waals surface area contributed by atoms with Crippen LogP contribution in [0.4, 0.5) is 0 Å². The Bertz CT molecular complexity index is 1090. The third-order valence-electron chi connectivity index (χ3n) is 5.36. The number of carboxylic acid groups (broad SMARTS) is 2. The number of carbonyl (C=O) groups excluding carboxylic acids is 1. The van der Waals surface area contributed by atoms with Gasteiger partial charge in [0.2, 0.25) is 5.91 Å². The second-order valence-electron chi connectivity index (χ2n) is 7.79. The van der Waals surface area contributed by atoms with Crippen LogP contribution in [0.5, 0.6) is 0 Å². The fraction of sp³-hybridized carbons (Fsp3) is 0.280. The Hall–Kier alpha value is -3.56. The maximum atomic E-state index is 13.0. The average Bonchev–Trinajstić information content (AvgIpc) is 3.31. The van der Waals surface area contributed by atoms with Gasteiger partial charge in [0, 0.05) is 17.8 Å². The van der Waals surface area contributed by atoms with Gasteiger partial charge in [-0.25, -0.2) is 9.78 Å². The molecule has 0 radical (unpaired) electrons. The molecular formula is C25H27N3O5S. The van der Waals surface area contributed by atoms with Gasteiger partial charge in [-0.15, -0.1) is 11.3 Å². The van der Waals surface area contributed by atoms with Gasteiger partial charge in [-0.1, -0.05) is 60.7 Å². The van der Waals surface area contributed by atoms with Crippen LogP contribution < -0.4 is 10.6 Å². The SMILES string of the molecule is O=C(O)c1ncsc1CCNC(=O)[C@H](Cc1ccccc1)N[C@@H](CCc1ccccc1)C(=O)O. The second-order valence-corrected chi connectivity index (χ2v) is 8.73. The Morgan fingerprint density at radius 2 is 1.53 bits per heavy atom. The van der Waals surface area contributed by atoms with E-state index in [1.807, 2.05) is 60.7 Å². The molecule has 9 heteroatoms. The number of benzene rings is 2. The smallest absolute Gasteiger partial charge is 0.355 e. The van der Waals surface area contributed by atoms with Crippen LogP contribution in [0.15, 0.2) is 66.2 Å². The molecular weight excluding hydrogens is 454 g/mol. The summed E-state index contributed by atoms with van der Waals surface area (Å²) in [5.41, 5.74) is 3.38. The van der Waals surface area contributed by atoms with Crippen LogP contribution in [0.1, 0.15) is 32.9 Å². The Balaban J connectivity index is 1.66. The highest BCUT2D eigenvalue weighted by molar-refractivity contribution is 7.09. The van der Waals surface area contributed by atoms with Crippen molar-refractivity contribution >= 4 is 29.2 Å². The minimum atomic E-state index is -1.10. The molecule has 0 unspecified atom stereocenters. The minimum Gasteiger partial charge on any atom is -0.480 e. The first kappa shape index (κ1) is 25.1. The summed E-state index contributed by atoms with van der Waals surface area (Å²) in [5.74, 6) is -2.46. The Morgan fingerprint density at radius 1 is 0.882 bits per heavy atom. The molecule has 3 rings (SSSR count). The largest absolute Gasteiger partial charge is 0.480 e. The molecule has 1 amide bonds. The van der Waals surface area contributed by atoms with Crippen LogP contribution in [-0.4, -0.2) is 51.7 Å². The van der Waals surface area contributed by atoms with E-state index in [0.29, 0.717) is 30.6 Å². The van der Waals surface area contributed by atoms with Gasteiger partial charge in [0.05, 0.1) is 11.6 Å². The lowest BCUT2D eigenvalue weighted by Crippen LogP contribution is -2.52. The molecule has 0 fully saturated rings. The molecule has 34 heavy (non-hydrogen) atoms. The van der Waals surface area contributed by atoms with Gasteiger partial charge in [-0.2, -0.15) is 0 Å². The zero-order valence-electron chi connectivity index (χ0n) is 18.5. The molecule has 0 aliphatic carbocycles. The number of thiazole rings is 1. The number of hydrogen-bond donors (Lipinski definition) is 4. The van der Waals surface area contributed by atoms with E-state index in [1.165, 1.54) is 16.8 Å². The number of aromatic nitrogens is 1. The van der Waals surface area contributed by atoms with Crippen LogP contribution in [-0.2, 0) is 28.9 Å². The van der Waals surface area contributed by atoms with Crippen molar-refractivity contribution < 1.29 is 24.6 Å². The van der Waals surface area contributed by atoms with Gasteiger partial charge >= 0.3 is 11.9 Å². The Kier molecular flexibility index (Phi) is 9.30. The number of aryl methyl sites for hydroxylation is 1. The molecule has 178 valence electrons. The highest BCUT2D eigenvalue weighted by Crippen LogP contribution is 2.14. The summed E-state index contributed by atoms with van der Waals surface area (Å²) in [6.07, 6.45) is 1.55. The molecule has 2 aromatic carbocycles. The summed E-state index contributed by atoms with van der Waals surface area (Å²) in [7, 11) is 0. The minimum absolute atomic E-state index is 0.00920. The number of nitrogens with zero attached hydrogens (tertiary/aromatic N) is 1. The summed E-state index contributed by atoms with van der Waals surface area (Å²) in [4.78, 5) is 40.6. The second kappa shape index (κ2) is 12.6. The fourth-order valence-corrected chi connectivity index (χ4v) is 4.36. The first-order chi connectivity index (χ1) is 16.4. The number of carbonyl (C=O) groups is 3. The summed E-state index contributed by atoms with van der Waals surface area (Å²) in [6.45, 7) is 0.218. The number of aliphatic carboxylic acids is 1. The molecule has 3 aromatic rings. The standard InChI is InChI=1S/C25H27N3O5S/c29-23(26-14-13-21-22(25(32)33)27-16-34-21)20(15-18-9-5-2-6-10-18)28-19(24(30)31)12-11-17-7-3-1-4-8-17/h1-10,16,19-20,28H,11-15H2,(H,26,29)(H,30,31)(H,32,33)/t19-,20-/m0/s1. The van der Waals surface area contributed by atoms with Gasteiger partial charge in [0.15, 0.2) is 5.69 Å². The molecule has 0 aliphatic heterocycles. The van der Waals surface area contributed by atoms with Crippen LogP contribution >= 0.6 is 11.3 Å². The normalized spacial score (nSPS) is 12.6. The van der Waals surface area contributed by atoms with E-state index in [0.717, 1.165) is 11.1 Å². The zero-order valence-corrected chi connectivity index (χ0v) is 19.3. The summed E-state index contributed by atoms with van der Waals surface area (Å²) >= 11 is 1.22. The maximum Gasteiger partial charge on any atom is 0.355 e. The topological polar surface area (TPSA) is 129 Å². The van der Waals surface area contributed by atoms with Gasteiger partial charge in [0.1, 0.15) is 6.04 Å². The van der Waals surface area contributed by atoms with E-state index in [9.17, 15) is 24.6 Å². The maximum absolute atomic E-state index is 13.0. The predicted octanol–water partition coefficient (Wildman–Crippen LogP) is 2.79. The van der Waals surface area contributed by atoms with Crippen LogP contribution in [0.3, 0.4) is 0 Å². The van der Waals surface area contributed by atoms with Gasteiger partial charge in [-0.3, -0.25) is 14.9 Å². The lowest BCUT2D eigenvalue weighted by molar-refractivity contribution is -0.140. The molecule has 0 aliphatic rings. The van der Waals surface area contributed by atoms with E-state index in [2.05, 4.69) is 15.6 Å². The quantitative estimate of drug-likeness (QED) is 0.295. The monoisotopic (exact) mass is 481 g/mol. The third-order valence-corrected chi connectivity index (χ3v) is 6.25. The first-order valence-corrected chi connectivity index (χ1v) is 11.8. The van der Waals surface area contributed by atoms with Crippen molar-refractivity contribution in [1.82, 2.24) is 15.6 Å². The van der Waals surface area contributed by atoms with Crippen molar-refractivity contribution in [1.29, 1.82) is 0 Å². The molecule has 1 heterocycles. The average molecular weight is 482 g/mol. The summed E-state index contributed by atoms with van der Waals surface area (Å²) in [6, 6.07) is 17.3. The van der Waals surface area contributed by atoms with Gasteiger partial charge in [0.25, 0.3) is 0 Å². The Labute approximate surface area is 201 Å². The first-order valence-electron chi connectivity index (χ1n) is 10.9. The van der Waals surface area contributed by atoms with Gasteiger partial charge < -0.3 is 15.5 Å². The van der Waals surface area contributed by atoms with E-state index in [1.54, 1.807) is 0 Å². The van der Waals surface area contributed by atoms with Crippen molar-refractivity contribution in [3.05, 3.63) is 87.9 Å².